The van der Waals surface area contributed by atoms with Crippen molar-refractivity contribution >= 4 is 0 Å². The molecule has 0 aliphatic heterocycles. The van der Waals surface area contributed by atoms with Gasteiger partial charge in [-0.3, -0.25) is 0 Å². The highest BCUT2D eigenvalue weighted by molar-refractivity contribution is 5.36. The van der Waals surface area contributed by atoms with Gasteiger partial charge in [0.15, 0.2) is 0 Å². The van der Waals surface area contributed by atoms with Crippen LogP contribution in [-0.4, -0.2) is 0 Å². The second-order valence-corrected chi connectivity index (χ2v) is 3.20. The fourth-order valence-electron chi connectivity index (χ4n) is 1.98. The van der Waals surface area contributed by atoms with Crippen molar-refractivity contribution in [1.82, 2.24) is 0 Å². The van der Waals surface area contributed by atoms with Crippen LogP contribution in [0.25, 0.3) is 0 Å². The van der Waals surface area contributed by atoms with Crippen molar-refractivity contribution < 1.29 is 0 Å². The van der Waals surface area contributed by atoms with Crippen molar-refractivity contribution in [1.29, 1.82) is 5.26 Å². The normalized spacial score (nSPS) is 36.7. The summed E-state index contributed by atoms with van der Waals surface area (Å²) in [6, 6.07) is 2.20. The van der Waals surface area contributed by atoms with Crippen molar-refractivity contribution in [3.8, 4) is 6.07 Å². The molecule has 0 spiro atoms. The van der Waals surface area contributed by atoms with E-state index in [1.54, 1.807) is 0 Å². The number of fused-ring (bicyclic) bond motifs is 1. The Hall–Kier alpha value is -0.970. The van der Waals surface area contributed by atoms with Gasteiger partial charge >= 0.3 is 0 Å². The molecule has 52 valence electrons. The van der Waals surface area contributed by atoms with Gasteiger partial charge in [-0.1, -0.05) is 0 Å². The predicted molar refractivity (Wildman–Crippen MR) is 37.7 cm³/mol. The summed E-state index contributed by atoms with van der Waals surface area (Å²) in [5.41, 5.74) is 7.41. The number of allylic oxidation sites excluding steroid dienone is 2. The Bertz CT molecular complexity index is 234. The van der Waals surface area contributed by atoms with Crippen LogP contribution in [0, 0.1) is 23.2 Å². The molecule has 0 aromatic carbocycles. The Morgan fingerprint density at radius 3 is 2.60 bits per heavy atom. The van der Waals surface area contributed by atoms with Gasteiger partial charge in [0.2, 0.25) is 0 Å². The van der Waals surface area contributed by atoms with Crippen LogP contribution in [0.3, 0.4) is 0 Å². The van der Waals surface area contributed by atoms with E-state index in [1.165, 1.54) is 12.8 Å². The average Bonchev–Trinajstić information content (AvgIpc) is 2.09. The maximum atomic E-state index is 8.67. The number of hydrogen-bond acceptors (Lipinski definition) is 2. The Morgan fingerprint density at radius 1 is 1.50 bits per heavy atom. The first-order valence-corrected chi connectivity index (χ1v) is 3.71. The summed E-state index contributed by atoms with van der Waals surface area (Å²) in [7, 11) is 0. The summed E-state index contributed by atoms with van der Waals surface area (Å²) in [5.74, 6) is 1.28. The quantitative estimate of drug-likeness (QED) is 0.540. The molecule has 0 aromatic rings. The van der Waals surface area contributed by atoms with Crippen molar-refractivity contribution in [2.75, 3.05) is 0 Å². The largest absolute Gasteiger partial charge is 0.401 e. The van der Waals surface area contributed by atoms with E-state index < -0.39 is 0 Å². The van der Waals surface area contributed by atoms with Crippen molar-refractivity contribution in [2.24, 2.45) is 17.6 Å². The van der Waals surface area contributed by atoms with Gasteiger partial charge in [0, 0.05) is 5.70 Å². The number of nitrogens with two attached hydrogens (primary N) is 1. The highest BCUT2D eigenvalue weighted by Gasteiger charge is 2.40. The predicted octanol–water partition coefficient (Wildman–Crippen LogP) is 1.15. The third-order valence-corrected chi connectivity index (χ3v) is 2.74. The molecule has 0 radical (unpaired) electrons. The third-order valence-electron chi connectivity index (χ3n) is 2.74. The second-order valence-electron chi connectivity index (χ2n) is 3.20. The zero-order valence-electron chi connectivity index (χ0n) is 5.80. The third kappa shape index (κ3) is 0.527. The van der Waals surface area contributed by atoms with Crippen LogP contribution < -0.4 is 5.73 Å². The fourth-order valence-corrected chi connectivity index (χ4v) is 1.98. The van der Waals surface area contributed by atoms with E-state index in [0.29, 0.717) is 5.92 Å². The molecule has 2 N–H and O–H groups in total. The minimum atomic E-state index is 0.546. The molecule has 0 aromatic heterocycles. The molecule has 0 amide bonds. The molecule has 1 fully saturated rings. The molecule has 0 bridgehead atoms. The lowest BCUT2D eigenvalue weighted by Crippen LogP contribution is -2.21. The molecule has 2 rings (SSSR count). The molecule has 2 aliphatic carbocycles. The van der Waals surface area contributed by atoms with Crippen LogP contribution >= 0.6 is 0 Å². The average molecular weight is 134 g/mol. The number of hydrogen-bond donors (Lipinski definition) is 1. The van der Waals surface area contributed by atoms with E-state index in [1.807, 2.05) is 0 Å². The first-order valence-electron chi connectivity index (χ1n) is 3.71. The van der Waals surface area contributed by atoms with Gasteiger partial charge in [-0.15, -0.1) is 0 Å². The van der Waals surface area contributed by atoms with Gasteiger partial charge in [-0.05, 0) is 31.1 Å². The summed E-state index contributed by atoms with van der Waals surface area (Å²) < 4.78 is 0. The molecule has 0 heterocycles. The molecular formula is C8H10N2. The lowest BCUT2D eigenvalue weighted by atomic mass is 9.73. The molecule has 2 aliphatic rings. The van der Waals surface area contributed by atoms with Crippen LogP contribution in [-0.2, 0) is 0 Å². The smallest absolute Gasteiger partial charge is 0.0968 e. The Kier molecular flexibility index (Phi) is 1.02. The number of rotatable bonds is 0. The van der Waals surface area contributed by atoms with E-state index in [9.17, 15) is 0 Å². The second kappa shape index (κ2) is 1.76. The standard InChI is InChI=1S/C8H10N2/c9-4-7-6-2-1-5(6)3-8(7)10/h5-6H,1-3,10H2/t5-,6-/m0/s1. The highest BCUT2D eigenvalue weighted by atomic mass is 14.6. The monoisotopic (exact) mass is 134 g/mol. The van der Waals surface area contributed by atoms with E-state index in [4.69, 9.17) is 11.0 Å². The molecule has 10 heavy (non-hydrogen) atoms. The molecule has 2 nitrogen and oxygen atoms in total. The number of nitrogens with zero attached hydrogens (tertiary/aromatic N) is 1. The molecule has 2 atom stereocenters. The summed E-state index contributed by atoms with van der Waals surface area (Å²) in [5, 5.41) is 8.67. The van der Waals surface area contributed by atoms with Crippen molar-refractivity contribution in [3.63, 3.8) is 0 Å². The molecule has 0 unspecified atom stereocenters. The van der Waals surface area contributed by atoms with Crippen molar-refractivity contribution in [3.05, 3.63) is 11.3 Å². The zero-order valence-corrected chi connectivity index (χ0v) is 5.80. The lowest BCUT2D eigenvalue weighted by Gasteiger charge is -2.30. The van der Waals surface area contributed by atoms with Gasteiger partial charge in [-0.2, -0.15) is 5.26 Å². The van der Waals surface area contributed by atoms with E-state index in [2.05, 4.69) is 6.07 Å². The van der Waals surface area contributed by atoms with Gasteiger partial charge in [0.25, 0.3) is 0 Å². The summed E-state index contributed by atoms with van der Waals surface area (Å²) in [4.78, 5) is 0. The van der Waals surface area contributed by atoms with E-state index >= 15 is 0 Å². The van der Waals surface area contributed by atoms with Gasteiger partial charge in [0.05, 0.1) is 11.6 Å². The van der Waals surface area contributed by atoms with Gasteiger partial charge < -0.3 is 5.73 Å². The van der Waals surface area contributed by atoms with Gasteiger partial charge in [-0.25, -0.2) is 0 Å². The van der Waals surface area contributed by atoms with E-state index in [-0.39, 0.29) is 0 Å². The minimum absolute atomic E-state index is 0.546. The summed E-state index contributed by atoms with van der Waals surface area (Å²) in [6.45, 7) is 0. The van der Waals surface area contributed by atoms with Crippen LogP contribution in [0.4, 0.5) is 0 Å². The highest BCUT2D eigenvalue weighted by Crippen LogP contribution is 2.48. The first kappa shape index (κ1) is 5.79. The van der Waals surface area contributed by atoms with Crippen LogP contribution in [0.15, 0.2) is 11.3 Å². The van der Waals surface area contributed by atoms with Crippen molar-refractivity contribution in [2.45, 2.75) is 19.3 Å². The van der Waals surface area contributed by atoms with Crippen LogP contribution in [0.5, 0.6) is 0 Å². The van der Waals surface area contributed by atoms with Crippen LogP contribution in [0.2, 0.25) is 0 Å². The minimum Gasteiger partial charge on any atom is -0.401 e. The summed E-state index contributed by atoms with van der Waals surface area (Å²) >= 11 is 0. The molecule has 1 saturated carbocycles. The SMILES string of the molecule is N#CC1=C(N)C[C@@H]2CC[C@H]12. The maximum Gasteiger partial charge on any atom is 0.0968 e. The molecular weight excluding hydrogens is 124 g/mol. The maximum absolute atomic E-state index is 8.67. The van der Waals surface area contributed by atoms with Gasteiger partial charge in [0.1, 0.15) is 0 Å². The molecule has 2 heteroatoms. The lowest BCUT2D eigenvalue weighted by molar-refractivity contribution is 0.241. The zero-order chi connectivity index (χ0) is 7.14. The Labute approximate surface area is 60.3 Å². The van der Waals surface area contributed by atoms with E-state index in [0.717, 1.165) is 23.6 Å². The molecule has 0 saturated heterocycles. The number of nitriles is 1. The fraction of sp³-hybridized carbons (Fsp3) is 0.625. The van der Waals surface area contributed by atoms with Crippen LogP contribution in [0.1, 0.15) is 19.3 Å². The summed E-state index contributed by atoms with van der Waals surface area (Å²) in [6.07, 6.45) is 3.44. The first-order chi connectivity index (χ1) is 4.83. The topological polar surface area (TPSA) is 49.8 Å². The Balaban J connectivity index is 2.29. The Morgan fingerprint density at radius 2 is 2.30 bits per heavy atom.